The smallest absolute Gasteiger partial charge is 0.410 e. The zero-order valence-corrected chi connectivity index (χ0v) is 15.9. The summed E-state index contributed by atoms with van der Waals surface area (Å²) in [5.41, 5.74) is -0.599. The first-order chi connectivity index (χ1) is 11.7. The Kier molecular flexibility index (Phi) is 5.93. The highest BCUT2D eigenvalue weighted by molar-refractivity contribution is 6.29. The van der Waals surface area contributed by atoms with Crippen LogP contribution < -0.4 is 0 Å². The van der Waals surface area contributed by atoms with E-state index in [0.717, 1.165) is 5.56 Å². The number of halogens is 1. The lowest BCUT2D eigenvalue weighted by Crippen LogP contribution is -2.50. The van der Waals surface area contributed by atoms with E-state index in [9.17, 15) is 9.59 Å². The van der Waals surface area contributed by atoms with Crippen LogP contribution in [0.3, 0.4) is 0 Å². The third-order valence-electron chi connectivity index (χ3n) is 4.21. The van der Waals surface area contributed by atoms with Gasteiger partial charge in [0.15, 0.2) is 0 Å². The van der Waals surface area contributed by atoms with Crippen molar-refractivity contribution in [3.05, 3.63) is 29.0 Å². The highest BCUT2D eigenvalue weighted by Crippen LogP contribution is 2.37. The number of carbonyl (C=O) groups excluding carboxylic acids is 2. The molecule has 138 valence electrons. The number of rotatable bonds is 3. The van der Waals surface area contributed by atoms with Crippen LogP contribution in [0.5, 0.6) is 0 Å². The van der Waals surface area contributed by atoms with E-state index in [0.29, 0.717) is 37.7 Å². The maximum atomic E-state index is 12.7. The normalized spacial score (nSPS) is 17.1. The van der Waals surface area contributed by atoms with Gasteiger partial charge in [-0.05, 0) is 52.2 Å². The SMILES string of the molecule is CCOC(=O)C1(c2ccc(Cl)nc2)CCN(C(=O)OC(C)(C)C)CC1. The molecular weight excluding hydrogens is 344 g/mol. The second-order valence-electron chi connectivity index (χ2n) is 7.14. The Morgan fingerprint density at radius 3 is 2.40 bits per heavy atom. The first-order valence-electron chi connectivity index (χ1n) is 8.45. The molecule has 1 aromatic heterocycles. The van der Waals surface area contributed by atoms with E-state index in [1.165, 1.54) is 0 Å². The highest BCUT2D eigenvalue weighted by Gasteiger charge is 2.45. The van der Waals surface area contributed by atoms with Crippen LogP contribution >= 0.6 is 11.6 Å². The summed E-state index contributed by atoms with van der Waals surface area (Å²) in [6.45, 7) is 8.40. The molecule has 0 bridgehead atoms. The minimum Gasteiger partial charge on any atom is -0.465 e. The monoisotopic (exact) mass is 368 g/mol. The van der Waals surface area contributed by atoms with Gasteiger partial charge in [0.25, 0.3) is 0 Å². The topological polar surface area (TPSA) is 68.7 Å². The number of nitrogens with zero attached hydrogens (tertiary/aromatic N) is 2. The lowest BCUT2D eigenvalue weighted by molar-refractivity contribution is -0.152. The first-order valence-corrected chi connectivity index (χ1v) is 8.83. The van der Waals surface area contributed by atoms with Gasteiger partial charge in [0.05, 0.1) is 12.0 Å². The average Bonchev–Trinajstić information content (AvgIpc) is 2.54. The van der Waals surface area contributed by atoms with E-state index in [1.807, 2.05) is 20.8 Å². The van der Waals surface area contributed by atoms with E-state index in [-0.39, 0.29) is 12.1 Å². The summed E-state index contributed by atoms with van der Waals surface area (Å²) < 4.78 is 10.7. The molecule has 0 aliphatic carbocycles. The number of hydrogen-bond acceptors (Lipinski definition) is 5. The van der Waals surface area contributed by atoms with Crippen molar-refractivity contribution < 1.29 is 19.1 Å². The largest absolute Gasteiger partial charge is 0.465 e. The van der Waals surface area contributed by atoms with Gasteiger partial charge in [0, 0.05) is 19.3 Å². The lowest BCUT2D eigenvalue weighted by atomic mass is 9.73. The predicted molar refractivity (Wildman–Crippen MR) is 94.6 cm³/mol. The van der Waals surface area contributed by atoms with E-state index in [1.54, 1.807) is 30.2 Å². The third-order valence-corrected chi connectivity index (χ3v) is 4.44. The zero-order chi connectivity index (χ0) is 18.7. The summed E-state index contributed by atoms with van der Waals surface area (Å²) in [6, 6.07) is 3.47. The number of esters is 1. The molecule has 0 unspecified atom stereocenters. The summed E-state index contributed by atoms with van der Waals surface area (Å²) in [5, 5.41) is 0.369. The van der Waals surface area contributed by atoms with Gasteiger partial charge >= 0.3 is 12.1 Å². The van der Waals surface area contributed by atoms with Crippen molar-refractivity contribution in [2.75, 3.05) is 19.7 Å². The molecule has 6 nitrogen and oxygen atoms in total. The molecule has 2 heterocycles. The van der Waals surface area contributed by atoms with Crippen LogP contribution in [0.2, 0.25) is 5.15 Å². The maximum Gasteiger partial charge on any atom is 0.410 e. The predicted octanol–water partition coefficient (Wildman–Crippen LogP) is 3.57. The molecule has 1 aliphatic heterocycles. The van der Waals surface area contributed by atoms with Gasteiger partial charge in [-0.1, -0.05) is 17.7 Å². The molecule has 1 fully saturated rings. The molecule has 0 radical (unpaired) electrons. The molecule has 7 heteroatoms. The second kappa shape index (κ2) is 7.60. The zero-order valence-electron chi connectivity index (χ0n) is 15.2. The van der Waals surface area contributed by atoms with Crippen molar-refractivity contribution in [2.24, 2.45) is 0 Å². The fraction of sp³-hybridized carbons (Fsp3) is 0.611. The van der Waals surface area contributed by atoms with Gasteiger partial charge in [-0.15, -0.1) is 0 Å². The van der Waals surface area contributed by atoms with E-state index in [2.05, 4.69) is 4.98 Å². The quantitative estimate of drug-likeness (QED) is 0.602. The lowest BCUT2D eigenvalue weighted by Gasteiger charge is -2.40. The van der Waals surface area contributed by atoms with Crippen molar-refractivity contribution in [3.63, 3.8) is 0 Å². The summed E-state index contributed by atoms with van der Waals surface area (Å²) in [7, 11) is 0. The molecule has 0 aromatic carbocycles. The maximum absolute atomic E-state index is 12.7. The van der Waals surface area contributed by atoms with E-state index in [4.69, 9.17) is 21.1 Å². The van der Waals surface area contributed by atoms with Crippen molar-refractivity contribution >= 4 is 23.7 Å². The molecule has 1 aromatic rings. The van der Waals surface area contributed by atoms with E-state index < -0.39 is 11.0 Å². The Labute approximate surface area is 153 Å². The second-order valence-corrected chi connectivity index (χ2v) is 7.53. The molecule has 1 aliphatic rings. The fourth-order valence-corrected chi connectivity index (χ4v) is 3.05. The minimum atomic E-state index is -0.813. The van der Waals surface area contributed by atoms with Crippen LogP contribution in [0.25, 0.3) is 0 Å². The molecule has 1 amide bonds. The van der Waals surface area contributed by atoms with Crippen molar-refractivity contribution in [2.45, 2.75) is 51.6 Å². The van der Waals surface area contributed by atoms with Crippen LogP contribution in [0.4, 0.5) is 4.79 Å². The van der Waals surface area contributed by atoms with Crippen molar-refractivity contribution in [1.82, 2.24) is 9.88 Å². The van der Waals surface area contributed by atoms with Gasteiger partial charge in [-0.3, -0.25) is 4.79 Å². The van der Waals surface area contributed by atoms with Crippen molar-refractivity contribution in [3.8, 4) is 0 Å². The van der Waals surface area contributed by atoms with Crippen LogP contribution in [-0.4, -0.2) is 47.2 Å². The summed E-state index contributed by atoms with van der Waals surface area (Å²) in [4.78, 5) is 30.7. The standard InChI is InChI=1S/C18H25ClN2O4/c1-5-24-15(22)18(13-6-7-14(19)20-12-13)8-10-21(11-9-18)16(23)25-17(2,3)4/h6-7,12H,5,8-11H2,1-4H3. The van der Waals surface area contributed by atoms with E-state index >= 15 is 0 Å². The van der Waals surface area contributed by atoms with Gasteiger partial charge in [-0.25, -0.2) is 9.78 Å². The Hall–Kier alpha value is -1.82. The number of ether oxygens (including phenoxy) is 2. The van der Waals surface area contributed by atoms with Crippen LogP contribution in [0.1, 0.15) is 46.1 Å². The highest BCUT2D eigenvalue weighted by atomic mass is 35.5. The number of pyridine rings is 1. The van der Waals surface area contributed by atoms with Gasteiger partial charge in [0.1, 0.15) is 10.8 Å². The van der Waals surface area contributed by atoms with Gasteiger partial charge in [0.2, 0.25) is 0 Å². The molecule has 0 N–H and O–H groups in total. The number of aromatic nitrogens is 1. The van der Waals surface area contributed by atoms with Crippen molar-refractivity contribution in [1.29, 1.82) is 0 Å². The van der Waals surface area contributed by atoms with Gasteiger partial charge in [-0.2, -0.15) is 0 Å². The molecular formula is C18H25ClN2O4. The fourth-order valence-electron chi connectivity index (χ4n) is 2.94. The molecule has 25 heavy (non-hydrogen) atoms. The summed E-state index contributed by atoms with van der Waals surface area (Å²) >= 11 is 5.87. The Balaban J connectivity index is 2.19. The van der Waals surface area contributed by atoms with Crippen LogP contribution in [0.15, 0.2) is 18.3 Å². The Morgan fingerprint density at radius 1 is 1.28 bits per heavy atom. The minimum absolute atomic E-state index is 0.289. The van der Waals surface area contributed by atoms with Crippen LogP contribution in [0, 0.1) is 0 Å². The number of hydrogen-bond donors (Lipinski definition) is 0. The number of likely N-dealkylation sites (tertiary alicyclic amines) is 1. The molecule has 2 rings (SSSR count). The Bertz CT molecular complexity index is 617. The summed E-state index contributed by atoms with van der Waals surface area (Å²) in [5.74, 6) is -0.289. The summed E-state index contributed by atoms with van der Waals surface area (Å²) in [6.07, 6.45) is 2.16. The van der Waals surface area contributed by atoms with Crippen LogP contribution in [-0.2, 0) is 19.7 Å². The molecule has 0 atom stereocenters. The number of piperidine rings is 1. The molecule has 1 saturated heterocycles. The Morgan fingerprint density at radius 2 is 1.92 bits per heavy atom. The third kappa shape index (κ3) is 4.63. The number of carbonyl (C=O) groups is 2. The first kappa shape index (κ1) is 19.5. The molecule has 0 spiro atoms. The average molecular weight is 369 g/mol. The van der Waals surface area contributed by atoms with Gasteiger partial charge < -0.3 is 14.4 Å². The molecule has 0 saturated carbocycles. The number of amides is 1.